The van der Waals surface area contributed by atoms with E-state index >= 15 is 0 Å². The molecule has 98 valence electrons. The van der Waals surface area contributed by atoms with Crippen molar-refractivity contribution in [2.24, 2.45) is 5.92 Å². The Labute approximate surface area is 108 Å². The van der Waals surface area contributed by atoms with Gasteiger partial charge < -0.3 is 10.6 Å². The van der Waals surface area contributed by atoms with Crippen molar-refractivity contribution < 1.29 is 4.79 Å². The minimum absolute atomic E-state index is 0.133. The van der Waals surface area contributed by atoms with Gasteiger partial charge in [0.15, 0.2) is 0 Å². The summed E-state index contributed by atoms with van der Waals surface area (Å²) in [7, 11) is 0. The third kappa shape index (κ3) is 4.02. The molecule has 1 saturated carbocycles. The average molecular weight is 247 g/mol. The Kier molecular flexibility index (Phi) is 4.56. The fraction of sp³-hybridized carbons (Fsp3) is 0.571. The van der Waals surface area contributed by atoms with E-state index in [4.69, 9.17) is 0 Å². The Balaban J connectivity index is 1.73. The smallest absolute Gasteiger partial charge is 0.319 e. The van der Waals surface area contributed by atoms with E-state index in [0.717, 1.165) is 17.9 Å². The van der Waals surface area contributed by atoms with Crippen molar-refractivity contribution in [2.75, 3.05) is 11.9 Å². The van der Waals surface area contributed by atoms with Crippen molar-refractivity contribution in [1.29, 1.82) is 0 Å². The minimum Gasteiger partial charge on any atom is -0.338 e. The lowest BCUT2D eigenvalue weighted by Gasteiger charge is -2.21. The van der Waals surface area contributed by atoms with Gasteiger partial charge in [-0.2, -0.15) is 0 Å². The van der Waals surface area contributed by atoms with Crippen molar-refractivity contribution in [3.05, 3.63) is 24.0 Å². The van der Waals surface area contributed by atoms with Gasteiger partial charge in [0.2, 0.25) is 0 Å². The van der Waals surface area contributed by atoms with Crippen LogP contribution in [0.4, 0.5) is 10.5 Å². The van der Waals surface area contributed by atoms with Crippen LogP contribution in [-0.2, 0) is 0 Å². The first-order valence-corrected chi connectivity index (χ1v) is 6.71. The Morgan fingerprint density at radius 3 is 2.78 bits per heavy atom. The first-order valence-electron chi connectivity index (χ1n) is 6.71. The number of anilines is 1. The maximum Gasteiger partial charge on any atom is 0.319 e. The van der Waals surface area contributed by atoms with Crippen LogP contribution in [0.5, 0.6) is 0 Å². The van der Waals surface area contributed by atoms with Gasteiger partial charge in [-0.05, 0) is 37.8 Å². The highest BCUT2D eigenvalue weighted by Gasteiger charge is 2.14. The number of nitrogens with zero attached hydrogens (tertiary/aromatic N) is 1. The molecule has 4 heteroatoms. The number of hydrogen-bond acceptors (Lipinski definition) is 2. The molecular weight excluding hydrogens is 226 g/mol. The van der Waals surface area contributed by atoms with Gasteiger partial charge in [-0.25, -0.2) is 4.79 Å². The Bertz CT molecular complexity index is 383. The third-order valence-corrected chi connectivity index (χ3v) is 3.45. The maximum absolute atomic E-state index is 11.7. The number of pyridine rings is 1. The highest BCUT2D eigenvalue weighted by molar-refractivity contribution is 5.88. The lowest BCUT2D eigenvalue weighted by Crippen LogP contribution is -2.33. The molecule has 4 nitrogen and oxygen atoms in total. The summed E-state index contributed by atoms with van der Waals surface area (Å²) >= 11 is 0. The lowest BCUT2D eigenvalue weighted by atomic mass is 9.89. The van der Waals surface area contributed by atoms with E-state index in [1.807, 2.05) is 19.1 Å². The van der Waals surface area contributed by atoms with Crippen LogP contribution in [0.15, 0.2) is 18.3 Å². The highest BCUT2D eigenvalue weighted by Crippen LogP contribution is 2.22. The van der Waals surface area contributed by atoms with E-state index < -0.39 is 0 Å². The quantitative estimate of drug-likeness (QED) is 0.862. The molecule has 2 amide bonds. The fourth-order valence-corrected chi connectivity index (χ4v) is 2.35. The van der Waals surface area contributed by atoms with Gasteiger partial charge in [0.1, 0.15) is 0 Å². The standard InChI is InChI=1S/C14H21N3O/c1-11-7-8-13(10-15-11)17-14(18)16-9-12-5-3-2-4-6-12/h7-8,10,12H,2-6,9H2,1H3,(H2,16,17,18). The molecule has 2 rings (SSSR count). The zero-order valence-corrected chi connectivity index (χ0v) is 10.9. The van der Waals surface area contributed by atoms with Gasteiger partial charge in [0.05, 0.1) is 11.9 Å². The molecular formula is C14H21N3O. The summed E-state index contributed by atoms with van der Waals surface area (Å²) in [6.07, 6.45) is 8.11. The number of carbonyl (C=O) groups is 1. The first-order chi connectivity index (χ1) is 8.74. The normalized spacial score (nSPS) is 16.3. The summed E-state index contributed by atoms with van der Waals surface area (Å²) in [5.74, 6) is 0.653. The van der Waals surface area contributed by atoms with Crippen molar-refractivity contribution in [3.63, 3.8) is 0 Å². The second-order valence-electron chi connectivity index (χ2n) is 5.03. The van der Waals surface area contributed by atoms with Crippen LogP contribution in [0.25, 0.3) is 0 Å². The zero-order chi connectivity index (χ0) is 12.8. The minimum atomic E-state index is -0.133. The Morgan fingerprint density at radius 1 is 1.33 bits per heavy atom. The van der Waals surface area contributed by atoms with Crippen LogP contribution in [0, 0.1) is 12.8 Å². The maximum atomic E-state index is 11.7. The van der Waals surface area contributed by atoms with Crippen LogP contribution < -0.4 is 10.6 Å². The molecule has 0 aromatic carbocycles. The van der Waals surface area contributed by atoms with Crippen LogP contribution in [0.3, 0.4) is 0 Å². The third-order valence-electron chi connectivity index (χ3n) is 3.45. The molecule has 1 fully saturated rings. The molecule has 18 heavy (non-hydrogen) atoms. The summed E-state index contributed by atoms with van der Waals surface area (Å²) < 4.78 is 0. The Hall–Kier alpha value is -1.58. The number of urea groups is 1. The largest absolute Gasteiger partial charge is 0.338 e. The van der Waals surface area contributed by atoms with E-state index in [2.05, 4.69) is 15.6 Å². The number of nitrogens with one attached hydrogen (secondary N) is 2. The van der Waals surface area contributed by atoms with E-state index in [9.17, 15) is 4.79 Å². The topological polar surface area (TPSA) is 54.0 Å². The second kappa shape index (κ2) is 6.38. The molecule has 0 saturated heterocycles. The molecule has 0 bridgehead atoms. The lowest BCUT2D eigenvalue weighted by molar-refractivity contribution is 0.247. The molecule has 1 aliphatic rings. The molecule has 0 atom stereocenters. The molecule has 0 radical (unpaired) electrons. The average Bonchev–Trinajstić information content (AvgIpc) is 2.40. The number of aryl methyl sites for hydroxylation is 1. The SMILES string of the molecule is Cc1ccc(NC(=O)NCC2CCCCC2)cn1. The number of amides is 2. The molecule has 1 aliphatic carbocycles. The molecule has 2 N–H and O–H groups in total. The molecule has 0 spiro atoms. The molecule has 1 aromatic rings. The summed E-state index contributed by atoms with van der Waals surface area (Å²) in [6, 6.07) is 3.62. The predicted octanol–water partition coefficient (Wildman–Crippen LogP) is 3.09. The van der Waals surface area contributed by atoms with E-state index in [1.54, 1.807) is 6.20 Å². The zero-order valence-electron chi connectivity index (χ0n) is 10.9. The van der Waals surface area contributed by atoms with Gasteiger partial charge >= 0.3 is 6.03 Å². The fourth-order valence-electron chi connectivity index (χ4n) is 2.35. The van der Waals surface area contributed by atoms with Gasteiger partial charge in [0.25, 0.3) is 0 Å². The predicted molar refractivity (Wildman–Crippen MR) is 72.6 cm³/mol. The van der Waals surface area contributed by atoms with E-state index in [0.29, 0.717) is 5.92 Å². The van der Waals surface area contributed by atoms with Gasteiger partial charge in [-0.3, -0.25) is 4.98 Å². The molecule has 0 unspecified atom stereocenters. The van der Waals surface area contributed by atoms with Crippen LogP contribution in [0.2, 0.25) is 0 Å². The van der Waals surface area contributed by atoms with Crippen LogP contribution in [-0.4, -0.2) is 17.6 Å². The number of carbonyl (C=O) groups excluding carboxylic acids is 1. The highest BCUT2D eigenvalue weighted by atomic mass is 16.2. The van der Waals surface area contributed by atoms with Crippen LogP contribution >= 0.6 is 0 Å². The van der Waals surface area contributed by atoms with Crippen molar-refractivity contribution in [1.82, 2.24) is 10.3 Å². The summed E-state index contributed by atoms with van der Waals surface area (Å²) in [5.41, 5.74) is 1.69. The summed E-state index contributed by atoms with van der Waals surface area (Å²) in [4.78, 5) is 15.8. The van der Waals surface area contributed by atoms with E-state index in [1.165, 1.54) is 32.1 Å². The summed E-state index contributed by atoms with van der Waals surface area (Å²) in [5, 5.41) is 5.73. The molecule has 0 aliphatic heterocycles. The number of rotatable bonds is 3. The van der Waals surface area contributed by atoms with Crippen molar-refractivity contribution in [2.45, 2.75) is 39.0 Å². The monoisotopic (exact) mass is 247 g/mol. The van der Waals surface area contributed by atoms with Gasteiger partial charge in [-0.1, -0.05) is 19.3 Å². The van der Waals surface area contributed by atoms with Gasteiger partial charge in [-0.15, -0.1) is 0 Å². The second-order valence-corrected chi connectivity index (χ2v) is 5.03. The van der Waals surface area contributed by atoms with Crippen molar-refractivity contribution >= 4 is 11.7 Å². The number of aromatic nitrogens is 1. The summed E-state index contributed by atoms with van der Waals surface area (Å²) in [6.45, 7) is 2.71. The number of hydrogen-bond donors (Lipinski definition) is 2. The molecule has 1 heterocycles. The van der Waals surface area contributed by atoms with Crippen molar-refractivity contribution in [3.8, 4) is 0 Å². The molecule has 1 aromatic heterocycles. The van der Waals surface area contributed by atoms with Crippen LogP contribution in [0.1, 0.15) is 37.8 Å². The van der Waals surface area contributed by atoms with E-state index in [-0.39, 0.29) is 6.03 Å². The Morgan fingerprint density at radius 2 is 2.11 bits per heavy atom. The van der Waals surface area contributed by atoms with Gasteiger partial charge in [0, 0.05) is 12.2 Å². The first kappa shape index (κ1) is 12.9.